The van der Waals surface area contributed by atoms with Crippen molar-refractivity contribution in [2.75, 3.05) is 25.1 Å². The van der Waals surface area contributed by atoms with Crippen LogP contribution in [-0.2, 0) is 14.6 Å². The first kappa shape index (κ1) is 12.4. The first-order valence-corrected chi connectivity index (χ1v) is 7.08. The van der Waals surface area contributed by atoms with E-state index in [4.69, 9.17) is 0 Å². The van der Waals surface area contributed by atoms with E-state index in [9.17, 15) is 18.3 Å². The number of sulfone groups is 1. The van der Waals surface area contributed by atoms with Gasteiger partial charge >= 0.3 is 0 Å². The van der Waals surface area contributed by atoms with E-state index in [2.05, 4.69) is 0 Å². The van der Waals surface area contributed by atoms with Gasteiger partial charge in [0, 0.05) is 25.8 Å². The molecule has 1 N–H and O–H groups in total. The SMILES string of the molecule is CS(=O)(=O)CCC(=O)N1CCCC(O)C1. The minimum absolute atomic E-state index is 0.0194. The summed E-state index contributed by atoms with van der Waals surface area (Å²) >= 11 is 0. The summed E-state index contributed by atoms with van der Waals surface area (Å²) in [5.74, 6) is -0.294. The average molecular weight is 235 g/mol. The van der Waals surface area contributed by atoms with E-state index in [1.165, 1.54) is 0 Å². The molecule has 1 saturated heterocycles. The number of piperidine rings is 1. The van der Waals surface area contributed by atoms with E-state index in [-0.39, 0.29) is 18.1 Å². The number of hydrogen-bond donors (Lipinski definition) is 1. The molecule has 1 atom stereocenters. The Morgan fingerprint density at radius 1 is 1.53 bits per heavy atom. The van der Waals surface area contributed by atoms with Gasteiger partial charge in [0.1, 0.15) is 9.84 Å². The fourth-order valence-electron chi connectivity index (χ4n) is 1.61. The first-order chi connectivity index (χ1) is 6.88. The summed E-state index contributed by atoms with van der Waals surface area (Å²) in [7, 11) is -3.08. The molecular weight excluding hydrogens is 218 g/mol. The maximum absolute atomic E-state index is 11.5. The summed E-state index contributed by atoms with van der Waals surface area (Å²) in [6.07, 6.45) is 2.18. The van der Waals surface area contributed by atoms with E-state index in [1.54, 1.807) is 4.90 Å². The number of amides is 1. The molecular formula is C9H17NO4S. The second-order valence-corrected chi connectivity index (χ2v) is 6.28. The highest BCUT2D eigenvalue weighted by molar-refractivity contribution is 7.90. The van der Waals surface area contributed by atoms with Crippen molar-refractivity contribution in [3.63, 3.8) is 0 Å². The Morgan fingerprint density at radius 3 is 2.73 bits per heavy atom. The van der Waals surface area contributed by atoms with Crippen LogP contribution in [0.2, 0.25) is 0 Å². The van der Waals surface area contributed by atoms with Gasteiger partial charge in [-0.2, -0.15) is 0 Å². The number of rotatable bonds is 3. The molecule has 6 heteroatoms. The molecule has 1 rings (SSSR count). The van der Waals surface area contributed by atoms with Crippen LogP contribution in [0, 0.1) is 0 Å². The van der Waals surface area contributed by atoms with Crippen molar-refractivity contribution >= 4 is 15.7 Å². The van der Waals surface area contributed by atoms with E-state index < -0.39 is 15.9 Å². The van der Waals surface area contributed by atoms with Crippen LogP contribution in [-0.4, -0.2) is 55.5 Å². The summed E-state index contributed by atoms with van der Waals surface area (Å²) in [5, 5.41) is 9.34. The third-order valence-electron chi connectivity index (χ3n) is 2.44. The zero-order valence-corrected chi connectivity index (χ0v) is 9.66. The molecule has 5 nitrogen and oxygen atoms in total. The van der Waals surface area contributed by atoms with Crippen LogP contribution in [0.15, 0.2) is 0 Å². The molecule has 1 unspecified atom stereocenters. The summed E-state index contributed by atoms with van der Waals surface area (Å²) in [4.78, 5) is 13.1. The standard InChI is InChI=1S/C9H17NO4S/c1-15(13,14)6-4-9(12)10-5-2-3-8(11)7-10/h8,11H,2-7H2,1H3. The summed E-state index contributed by atoms with van der Waals surface area (Å²) in [6.45, 7) is 0.961. The lowest BCUT2D eigenvalue weighted by Crippen LogP contribution is -2.42. The Bertz CT molecular complexity index is 325. The largest absolute Gasteiger partial charge is 0.391 e. The van der Waals surface area contributed by atoms with Crippen molar-refractivity contribution in [2.24, 2.45) is 0 Å². The summed E-state index contributed by atoms with van der Waals surface area (Å²) in [5.41, 5.74) is 0. The normalized spacial score (nSPS) is 22.8. The molecule has 1 heterocycles. The van der Waals surface area contributed by atoms with Crippen molar-refractivity contribution in [1.82, 2.24) is 4.90 Å². The third-order valence-corrected chi connectivity index (χ3v) is 3.38. The molecule has 0 spiro atoms. The zero-order chi connectivity index (χ0) is 11.5. The Morgan fingerprint density at radius 2 is 2.20 bits per heavy atom. The molecule has 1 aliphatic heterocycles. The predicted octanol–water partition coefficient (Wildman–Crippen LogP) is -0.596. The molecule has 0 aromatic carbocycles. The number of aliphatic hydroxyl groups excluding tert-OH is 1. The topological polar surface area (TPSA) is 74.7 Å². The van der Waals surface area contributed by atoms with Crippen LogP contribution < -0.4 is 0 Å². The molecule has 15 heavy (non-hydrogen) atoms. The van der Waals surface area contributed by atoms with Crippen molar-refractivity contribution < 1.29 is 18.3 Å². The fraction of sp³-hybridized carbons (Fsp3) is 0.889. The van der Waals surface area contributed by atoms with Crippen LogP contribution >= 0.6 is 0 Å². The van der Waals surface area contributed by atoms with Gasteiger partial charge in [-0.15, -0.1) is 0 Å². The van der Waals surface area contributed by atoms with E-state index in [0.717, 1.165) is 19.1 Å². The molecule has 1 fully saturated rings. The van der Waals surface area contributed by atoms with E-state index in [0.29, 0.717) is 13.1 Å². The number of likely N-dealkylation sites (tertiary alicyclic amines) is 1. The van der Waals surface area contributed by atoms with Gasteiger partial charge in [-0.05, 0) is 12.8 Å². The van der Waals surface area contributed by atoms with Crippen LogP contribution in [0.3, 0.4) is 0 Å². The highest BCUT2D eigenvalue weighted by Gasteiger charge is 2.22. The quantitative estimate of drug-likeness (QED) is 0.709. The molecule has 1 amide bonds. The van der Waals surface area contributed by atoms with Crippen LogP contribution in [0.25, 0.3) is 0 Å². The van der Waals surface area contributed by atoms with Gasteiger partial charge in [0.25, 0.3) is 0 Å². The smallest absolute Gasteiger partial charge is 0.223 e. The van der Waals surface area contributed by atoms with Gasteiger partial charge in [-0.25, -0.2) is 8.42 Å². The lowest BCUT2D eigenvalue weighted by molar-refractivity contribution is -0.133. The van der Waals surface area contributed by atoms with Crippen molar-refractivity contribution in [3.05, 3.63) is 0 Å². The van der Waals surface area contributed by atoms with Gasteiger partial charge in [-0.3, -0.25) is 4.79 Å². The zero-order valence-electron chi connectivity index (χ0n) is 8.85. The molecule has 0 aliphatic carbocycles. The van der Waals surface area contributed by atoms with Crippen LogP contribution in [0.5, 0.6) is 0 Å². The molecule has 0 bridgehead atoms. The maximum Gasteiger partial charge on any atom is 0.223 e. The molecule has 0 radical (unpaired) electrons. The minimum Gasteiger partial charge on any atom is -0.391 e. The second kappa shape index (κ2) is 4.94. The van der Waals surface area contributed by atoms with E-state index >= 15 is 0 Å². The van der Waals surface area contributed by atoms with Gasteiger partial charge in [0.2, 0.25) is 5.91 Å². The Balaban J connectivity index is 2.40. The van der Waals surface area contributed by atoms with Crippen LogP contribution in [0.1, 0.15) is 19.3 Å². The Hall–Kier alpha value is -0.620. The lowest BCUT2D eigenvalue weighted by atomic mass is 10.1. The number of aliphatic hydroxyl groups is 1. The monoisotopic (exact) mass is 235 g/mol. The molecule has 88 valence electrons. The Kier molecular flexibility index (Phi) is 4.10. The number of carbonyl (C=O) groups is 1. The molecule has 0 aromatic heterocycles. The Labute approximate surface area is 90.0 Å². The second-order valence-electron chi connectivity index (χ2n) is 4.02. The number of carbonyl (C=O) groups excluding carboxylic acids is 1. The molecule has 0 saturated carbocycles. The average Bonchev–Trinajstić information content (AvgIpc) is 2.13. The van der Waals surface area contributed by atoms with Crippen molar-refractivity contribution in [1.29, 1.82) is 0 Å². The molecule has 0 aromatic rings. The number of nitrogens with zero attached hydrogens (tertiary/aromatic N) is 1. The van der Waals surface area contributed by atoms with Gasteiger partial charge in [0.15, 0.2) is 0 Å². The maximum atomic E-state index is 11.5. The highest BCUT2D eigenvalue weighted by atomic mass is 32.2. The number of hydrogen-bond acceptors (Lipinski definition) is 4. The fourth-order valence-corrected chi connectivity index (χ4v) is 2.16. The highest BCUT2D eigenvalue weighted by Crippen LogP contribution is 2.11. The predicted molar refractivity (Wildman–Crippen MR) is 56.1 cm³/mol. The van der Waals surface area contributed by atoms with Crippen LogP contribution in [0.4, 0.5) is 0 Å². The van der Waals surface area contributed by atoms with Gasteiger partial charge in [0.05, 0.1) is 11.9 Å². The first-order valence-electron chi connectivity index (χ1n) is 5.02. The number of β-amino-alcohol motifs (C(OH)–C–C–N with tert-alkyl or cyclic N) is 1. The van der Waals surface area contributed by atoms with Crippen molar-refractivity contribution in [2.45, 2.75) is 25.4 Å². The van der Waals surface area contributed by atoms with Crippen molar-refractivity contribution in [3.8, 4) is 0 Å². The summed E-state index contributed by atoms with van der Waals surface area (Å²) < 4.78 is 21.7. The molecule has 1 aliphatic rings. The van der Waals surface area contributed by atoms with E-state index in [1.807, 2.05) is 0 Å². The third kappa shape index (κ3) is 4.61. The minimum atomic E-state index is -3.08. The van der Waals surface area contributed by atoms with Gasteiger partial charge in [-0.1, -0.05) is 0 Å². The summed E-state index contributed by atoms with van der Waals surface area (Å²) in [6, 6.07) is 0. The lowest BCUT2D eigenvalue weighted by Gasteiger charge is -2.30. The van der Waals surface area contributed by atoms with Gasteiger partial charge < -0.3 is 10.0 Å².